The van der Waals surface area contributed by atoms with E-state index in [-0.39, 0.29) is 25.6 Å². The first kappa shape index (κ1) is 23.8. The van der Waals surface area contributed by atoms with Gasteiger partial charge in [-0.05, 0) is 35.1 Å². The number of aromatic nitrogens is 1. The quantitative estimate of drug-likeness (QED) is 0.350. The van der Waals surface area contributed by atoms with E-state index in [1.54, 1.807) is 6.20 Å². The predicted molar refractivity (Wildman–Crippen MR) is 141 cm³/mol. The van der Waals surface area contributed by atoms with Gasteiger partial charge in [0.15, 0.2) is 5.76 Å². The zero-order valence-electron chi connectivity index (χ0n) is 20.7. The number of oxazole rings is 1. The minimum Gasteiger partial charge on any atom is -0.465 e. The fourth-order valence-electron chi connectivity index (χ4n) is 5.53. The molecule has 0 unspecified atom stereocenters. The van der Waals surface area contributed by atoms with Gasteiger partial charge in [-0.2, -0.15) is 0 Å². The van der Waals surface area contributed by atoms with Gasteiger partial charge in [-0.25, -0.2) is 14.6 Å². The molecule has 1 aliphatic carbocycles. The Labute approximate surface area is 219 Å². The summed E-state index contributed by atoms with van der Waals surface area (Å²) in [5.74, 6) is 0.856. The largest absolute Gasteiger partial charge is 0.465 e. The summed E-state index contributed by atoms with van der Waals surface area (Å²) in [4.78, 5) is 30.6. The number of carbonyl (C=O) groups excluding carboxylic acids is 1. The molecule has 6 rings (SSSR count). The van der Waals surface area contributed by atoms with Crippen molar-refractivity contribution in [2.45, 2.75) is 24.3 Å². The van der Waals surface area contributed by atoms with Crippen LogP contribution in [0, 0.1) is 0 Å². The van der Waals surface area contributed by atoms with Crippen LogP contribution in [0.15, 0.2) is 89.5 Å². The number of carboxylic acid groups (broad SMARTS) is 1. The van der Waals surface area contributed by atoms with E-state index >= 15 is 0 Å². The molecule has 2 heterocycles. The molecule has 0 spiro atoms. The molecule has 0 radical (unpaired) electrons. The van der Waals surface area contributed by atoms with E-state index in [4.69, 9.17) is 9.15 Å². The monoisotopic (exact) mass is 509 g/mol. The third kappa shape index (κ3) is 4.28. The molecule has 8 heteroatoms. The maximum atomic E-state index is 13.2. The molecule has 1 aromatic heterocycles. The second-order valence-corrected chi connectivity index (χ2v) is 9.70. The van der Waals surface area contributed by atoms with Gasteiger partial charge < -0.3 is 24.5 Å². The lowest BCUT2D eigenvalue weighted by molar-refractivity contribution is 0.0823. The molecular formula is C30H27N3O5. The first-order chi connectivity index (χ1) is 18.5. The average Bonchev–Trinajstić information content (AvgIpc) is 3.57. The summed E-state index contributed by atoms with van der Waals surface area (Å²) >= 11 is 0. The van der Waals surface area contributed by atoms with Gasteiger partial charge in [0.05, 0.1) is 6.20 Å². The molecule has 192 valence electrons. The number of hydrogen-bond donors (Lipinski definition) is 2. The highest BCUT2D eigenvalue weighted by Gasteiger charge is 2.43. The van der Waals surface area contributed by atoms with Crippen molar-refractivity contribution in [1.29, 1.82) is 0 Å². The average molecular weight is 510 g/mol. The number of nitrogens with one attached hydrogen (secondary N) is 1. The molecule has 2 aliphatic rings. The number of amides is 2. The fourth-order valence-corrected chi connectivity index (χ4v) is 5.53. The van der Waals surface area contributed by atoms with E-state index < -0.39 is 17.7 Å². The van der Waals surface area contributed by atoms with Gasteiger partial charge in [-0.1, -0.05) is 78.9 Å². The Kier molecular flexibility index (Phi) is 6.07. The zero-order valence-corrected chi connectivity index (χ0v) is 20.7. The molecule has 2 N–H and O–H groups in total. The van der Waals surface area contributed by atoms with Crippen LogP contribution >= 0.6 is 0 Å². The Morgan fingerprint density at radius 1 is 0.947 bits per heavy atom. The van der Waals surface area contributed by atoms with E-state index in [2.05, 4.69) is 34.6 Å². The lowest BCUT2D eigenvalue weighted by Crippen LogP contribution is -2.54. The van der Waals surface area contributed by atoms with Crippen LogP contribution in [0.2, 0.25) is 0 Å². The molecule has 1 aliphatic heterocycles. The number of nitrogens with zero attached hydrogens (tertiary/aromatic N) is 2. The van der Waals surface area contributed by atoms with Gasteiger partial charge in [0, 0.05) is 24.6 Å². The molecule has 1 fully saturated rings. The number of hydrogen-bond acceptors (Lipinski definition) is 5. The van der Waals surface area contributed by atoms with Crippen LogP contribution in [-0.4, -0.2) is 46.9 Å². The van der Waals surface area contributed by atoms with Gasteiger partial charge in [0.1, 0.15) is 12.1 Å². The normalized spacial score (nSPS) is 15.9. The second kappa shape index (κ2) is 9.70. The number of likely N-dealkylation sites (tertiary alicyclic amines) is 1. The number of alkyl carbamates (subject to hydrolysis) is 1. The highest BCUT2D eigenvalue weighted by molar-refractivity contribution is 5.79. The maximum Gasteiger partial charge on any atom is 0.408 e. The summed E-state index contributed by atoms with van der Waals surface area (Å²) in [6.45, 7) is 0.655. The number of ether oxygens (including phenoxy) is 1. The smallest absolute Gasteiger partial charge is 0.408 e. The van der Waals surface area contributed by atoms with Crippen molar-refractivity contribution in [1.82, 2.24) is 15.2 Å². The van der Waals surface area contributed by atoms with Crippen LogP contribution in [0.25, 0.3) is 22.5 Å². The van der Waals surface area contributed by atoms with Crippen LogP contribution in [0.3, 0.4) is 0 Å². The van der Waals surface area contributed by atoms with E-state index in [0.29, 0.717) is 24.5 Å². The minimum atomic E-state index is -0.989. The number of carbonyl (C=O) groups is 2. The van der Waals surface area contributed by atoms with Crippen molar-refractivity contribution < 1.29 is 23.8 Å². The van der Waals surface area contributed by atoms with E-state index in [1.165, 1.54) is 4.90 Å². The van der Waals surface area contributed by atoms with E-state index in [9.17, 15) is 14.7 Å². The Balaban J connectivity index is 1.22. The predicted octanol–water partition coefficient (Wildman–Crippen LogP) is 5.85. The van der Waals surface area contributed by atoms with Crippen molar-refractivity contribution in [3.05, 3.63) is 102 Å². The van der Waals surface area contributed by atoms with E-state index in [1.807, 2.05) is 54.6 Å². The lowest BCUT2D eigenvalue weighted by Gasteiger charge is -2.38. The number of fused-ring (bicyclic) bond motifs is 3. The third-order valence-electron chi connectivity index (χ3n) is 7.55. The summed E-state index contributed by atoms with van der Waals surface area (Å²) in [6, 6.07) is 25.9. The number of rotatable bonds is 5. The maximum absolute atomic E-state index is 13.2. The lowest BCUT2D eigenvalue weighted by atomic mass is 9.87. The molecule has 38 heavy (non-hydrogen) atoms. The van der Waals surface area contributed by atoms with Gasteiger partial charge >= 0.3 is 12.2 Å². The highest BCUT2D eigenvalue weighted by atomic mass is 16.5. The molecule has 0 bridgehead atoms. The molecule has 1 saturated heterocycles. The van der Waals surface area contributed by atoms with Crippen LogP contribution in [0.1, 0.15) is 35.8 Å². The SMILES string of the molecule is O=C(NC1(c2ncc(-c3ccccc3)o2)CCN(C(=O)O)CC1)OCC1c2ccccc2-c2ccccc21. The number of piperidine rings is 1. The molecule has 8 nitrogen and oxygen atoms in total. The summed E-state index contributed by atoms with van der Waals surface area (Å²) in [5.41, 5.74) is 4.45. The van der Waals surface area contributed by atoms with Crippen LogP contribution in [0.5, 0.6) is 0 Å². The summed E-state index contributed by atoms with van der Waals surface area (Å²) in [5, 5.41) is 12.5. The van der Waals surface area contributed by atoms with Crippen molar-refractivity contribution >= 4 is 12.2 Å². The Morgan fingerprint density at radius 2 is 1.55 bits per heavy atom. The number of benzene rings is 3. The summed E-state index contributed by atoms with van der Waals surface area (Å²) in [6.07, 6.45) is 0.693. The molecule has 4 aromatic rings. The van der Waals surface area contributed by atoms with Crippen molar-refractivity contribution in [3.8, 4) is 22.5 Å². The molecule has 3 aromatic carbocycles. The van der Waals surface area contributed by atoms with E-state index in [0.717, 1.165) is 27.8 Å². The Hall–Kier alpha value is -4.59. The molecule has 0 atom stereocenters. The summed E-state index contributed by atoms with van der Waals surface area (Å²) in [7, 11) is 0. The molecular weight excluding hydrogens is 482 g/mol. The first-order valence-corrected chi connectivity index (χ1v) is 12.7. The van der Waals surface area contributed by atoms with Gasteiger partial charge in [0.25, 0.3) is 0 Å². The van der Waals surface area contributed by atoms with Gasteiger partial charge in [0.2, 0.25) is 5.89 Å². The van der Waals surface area contributed by atoms with Crippen molar-refractivity contribution in [3.63, 3.8) is 0 Å². The van der Waals surface area contributed by atoms with Crippen molar-refractivity contribution in [2.75, 3.05) is 19.7 Å². The zero-order chi connectivity index (χ0) is 26.1. The Morgan fingerprint density at radius 3 is 2.18 bits per heavy atom. The van der Waals surface area contributed by atoms with Gasteiger partial charge in [-0.3, -0.25) is 0 Å². The highest BCUT2D eigenvalue weighted by Crippen LogP contribution is 2.44. The Bertz CT molecular complexity index is 1430. The minimum absolute atomic E-state index is 0.0654. The fraction of sp³-hybridized carbons (Fsp3) is 0.233. The standard InChI is InChI=1S/C30H27N3O5/c34-28(37-19-25-23-12-6-4-10-21(23)22-11-5-7-13-24(22)25)32-30(14-16-33(17-15-30)29(35)36)27-31-18-26(38-27)20-8-2-1-3-9-20/h1-13,18,25H,14-17,19H2,(H,32,34)(H,35,36). The second-order valence-electron chi connectivity index (χ2n) is 9.70. The molecule has 2 amide bonds. The summed E-state index contributed by atoms with van der Waals surface area (Å²) < 4.78 is 11.9. The van der Waals surface area contributed by atoms with Gasteiger partial charge in [-0.15, -0.1) is 0 Å². The topological polar surface area (TPSA) is 105 Å². The van der Waals surface area contributed by atoms with Crippen LogP contribution in [-0.2, 0) is 10.3 Å². The van der Waals surface area contributed by atoms with Crippen LogP contribution < -0.4 is 5.32 Å². The third-order valence-corrected chi connectivity index (χ3v) is 7.55. The van der Waals surface area contributed by atoms with Crippen LogP contribution in [0.4, 0.5) is 9.59 Å². The van der Waals surface area contributed by atoms with Crippen molar-refractivity contribution in [2.24, 2.45) is 0 Å². The first-order valence-electron chi connectivity index (χ1n) is 12.7. The molecule has 0 saturated carbocycles.